The van der Waals surface area contributed by atoms with Crippen LogP contribution in [0.1, 0.15) is 6.92 Å². The molecule has 82 valence electrons. The van der Waals surface area contributed by atoms with Crippen molar-refractivity contribution < 1.29 is 4.79 Å². The van der Waals surface area contributed by atoms with E-state index in [-0.39, 0.29) is 5.91 Å². The lowest BCUT2D eigenvalue weighted by Gasteiger charge is -2.07. The first-order valence-corrected chi connectivity index (χ1v) is 6.17. The maximum atomic E-state index is 11.4. The fourth-order valence-electron chi connectivity index (χ4n) is 1.03. The molecule has 5 heteroatoms. The van der Waals surface area contributed by atoms with E-state index in [9.17, 15) is 4.79 Å². The molecule has 3 nitrogen and oxygen atoms in total. The second-order valence-electron chi connectivity index (χ2n) is 2.95. The number of hydrogen-bond donors (Lipinski definition) is 2. The zero-order valence-corrected chi connectivity index (χ0v) is 11.5. The predicted octanol–water partition coefficient (Wildman–Crippen LogP) is 2.76. The molecule has 1 aromatic carbocycles. The van der Waals surface area contributed by atoms with E-state index in [4.69, 9.17) is 0 Å². The van der Waals surface area contributed by atoms with Crippen LogP contribution in [0.4, 0.5) is 5.69 Å². The first-order chi connectivity index (χ1) is 7.13. The lowest BCUT2D eigenvalue weighted by molar-refractivity contribution is -0.115. The molecular weight excluding hydrogens is 324 g/mol. The molecule has 0 radical (unpaired) electrons. The van der Waals surface area contributed by atoms with Gasteiger partial charge in [0.1, 0.15) is 0 Å². The summed E-state index contributed by atoms with van der Waals surface area (Å²) in [4.78, 5) is 11.4. The van der Waals surface area contributed by atoms with Crippen LogP contribution in [0.15, 0.2) is 27.1 Å². The second kappa shape index (κ2) is 6.25. The van der Waals surface area contributed by atoms with E-state index in [1.54, 1.807) is 0 Å². The first-order valence-electron chi connectivity index (χ1n) is 4.59. The number of anilines is 1. The molecule has 0 bridgehead atoms. The largest absolute Gasteiger partial charge is 0.324 e. The summed E-state index contributed by atoms with van der Waals surface area (Å²) in [5.74, 6) is -0.0457. The number of likely N-dealkylation sites (N-methyl/N-ethyl adjacent to an activating group) is 1. The number of hydrogen-bond acceptors (Lipinski definition) is 2. The Bertz CT molecular complexity index is 355. The van der Waals surface area contributed by atoms with Crippen LogP contribution < -0.4 is 10.6 Å². The van der Waals surface area contributed by atoms with Crippen molar-refractivity contribution in [1.29, 1.82) is 0 Å². The molecule has 15 heavy (non-hydrogen) atoms. The third kappa shape index (κ3) is 4.32. The van der Waals surface area contributed by atoms with Crippen molar-refractivity contribution >= 4 is 43.5 Å². The molecule has 0 aliphatic heterocycles. The Hall–Kier alpha value is -0.390. The molecule has 0 aliphatic carbocycles. The van der Waals surface area contributed by atoms with Gasteiger partial charge in [-0.3, -0.25) is 4.79 Å². The van der Waals surface area contributed by atoms with Gasteiger partial charge in [0.05, 0.1) is 12.2 Å². The average molecular weight is 336 g/mol. The Morgan fingerprint density at radius 1 is 1.40 bits per heavy atom. The number of carbonyl (C=O) groups is 1. The van der Waals surface area contributed by atoms with Crippen LogP contribution in [0.3, 0.4) is 0 Å². The minimum absolute atomic E-state index is 0.0457. The van der Waals surface area contributed by atoms with Gasteiger partial charge < -0.3 is 10.6 Å². The molecule has 0 saturated heterocycles. The Morgan fingerprint density at radius 2 is 2.13 bits per heavy atom. The fourth-order valence-corrected chi connectivity index (χ4v) is 1.73. The van der Waals surface area contributed by atoms with Crippen LogP contribution in [0.5, 0.6) is 0 Å². The molecule has 0 unspecified atom stereocenters. The number of nitrogens with one attached hydrogen (secondary N) is 2. The van der Waals surface area contributed by atoms with Gasteiger partial charge in [-0.2, -0.15) is 0 Å². The average Bonchev–Trinajstić information content (AvgIpc) is 2.20. The van der Waals surface area contributed by atoms with Crippen LogP contribution in [0.25, 0.3) is 0 Å². The Labute approximate surface area is 106 Å². The van der Waals surface area contributed by atoms with Crippen LogP contribution in [-0.4, -0.2) is 19.0 Å². The third-order valence-electron chi connectivity index (χ3n) is 1.74. The summed E-state index contributed by atoms with van der Waals surface area (Å²) < 4.78 is 1.81. The molecule has 0 heterocycles. The molecule has 0 aromatic heterocycles. The van der Waals surface area contributed by atoms with Crippen molar-refractivity contribution in [3.05, 3.63) is 27.1 Å². The van der Waals surface area contributed by atoms with Crippen molar-refractivity contribution in [2.45, 2.75) is 6.92 Å². The minimum Gasteiger partial charge on any atom is -0.324 e. The highest BCUT2D eigenvalue weighted by molar-refractivity contribution is 9.11. The topological polar surface area (TPSA) is 41.1 Å². The minimum atomic E-state index is -0.0457. The van der Waals surface area contributed by atoms with Gasteiger partial charge in [0, 0.05) is 8.95 Å². The molecule has 0 spiro atoms. The molecule has 0 saturated carbocycles. The summed E-state index contributed by atoms with van der Waals surface area (Å²) >= 11 is 6.72. The lowest BCUT2D eigenvalue weighted by Crippen LogP contribution is -2.27. The summed E-state index contributed by atoms with van der Waals surface area (Å²) in [6, 6.07) is 5.64. The quantitative estimate of drug-likeness (QED) is 0.888. The first kappa shape index (κ1) is 12.7. The highest BCUT2D eigenvalue weighted by atomic mass is 79.9. The molecular formula is C10H12Br2N2O. The number of halogens is 2. The maximum Gasteiger partial charge on any atom is 0.238 e. The van der Waals surface area contributed by atoms with Gasteiger partial charge in [0.25, 0.3) is 0 Å². The van der Waals surface area contributed by atoms with E-state index in [1.165, 1.54) is 0 Å². The highest BCUT2D eigenvalue weighted by Gasteiger charge is 2.04. The van der Waals surface area contributed by atoms with Gasteiger partial charge in [-0.05, 0) is 40.7 Å². The number of carbonyl (C=O) groups excluding carboxylic acids is 1. The SMILES string of the molecule is CCNCC(=O)Nc1cc(Br)ccc1Br. The number of rotatable bonds is 4. The Balaban J connectivity index is 2.63. The van der Waals surface area contributed by atoms with E-state index in [0.717, 1.165) is 21.2 Å². The van der Waals surface area contributed by atoms with Crippen LogP contribution in [0, 0.1) is 0 Å². The monoisotopic (exact) mass is 334 g/mol. The summed E-state index contributed by atoms with van der Waals surface area (Å²) in [5, 5.41) is 5.77. The van der Waals surface area contributed by atoms with Crippen molar-refractivity contribution in [3.8, 4) is 0 Å². The molecule has 0 fully saturated rings. The van der Waals surface area contributed by atoms with E-state index in [1.807, 2.05) is 25.1 Å². The van der Waals surface area contributed by atoms with Gasteiger partial charge >= 0.3 is 0 Å². The van der Waals surface area contributed by atoms with Crippen molar-refractivity contribution in [3.63, 3.8) is 0 Å². The standard InChI is InChI=1S/C10H12Br2N2O/c1-2-13-6-10(15)14-9-5-7(11)3-4-8(9)12/h3-5,13H,2,6H2,1H3,(H,14,15). The zero-order valence-electron chi connectivity index (χ0n) is 8.31. The molecule has 0 atom stereocenters. The summed E-state index contributed by atoms with van der Waals surface area (Å²) in [6.07, 6.45) is 0. The summed E-state index contributed by atoms with van der Waals surface area (Å²) in [5.41, 5.74) is 0.771. The van der Waals surface area contributed by atoms with E-state index in [0.29, 0.717) is 6.54 Å². The number of benzene rings is 1. The number of amides is 1. The van der Waals surface area contributed by atoms with Gasteiger partial charge in [-0.15, -0.1) is 0 Å². The molecule has 2 N–H and O–H groups in total. The fraction of sp³-hybridized carbons (Fsp3) is 0.300. The third-order valence-corrected chi connectivity index (χ3v) is 2.92. The predicted molar refractivity (Wildman–Crippen MR) is 69.0 cm³/mol. The lowest BCUT2D eigenvalue weighted by atomic mass is 10.3. The highest BCUT2D eigenvalue weighted by Crippen LogP contribution is 2.25. The molecule has 1 amide bonds. The smallest absolute Gasteiger partial charge is 0.238 e. The van der Waals surface area contributed by atoms with E-state index < -0.39 is 0 Å². The van der Waals surface area contributed by atoms with Crippen molar-refractivity contribution in [2.75, 3.05) is 18.4 Å². The van der Waals surface area contributed by atoms with Gasteiger partial charge in [-0.1, -0.05) is 22.9 Å². The van der Waals surface area contributed by atoms with Gasteiger partial charge in [0.2, 0.25) is 5.91 Å². The zero-order chi connectivity index (χ0) is 11.3. The van der Waals surface area contributed by atoms with E-state index >= 15 is 0 Å². The van der Waals surface area contributed by atoms with E-state index in [2.05, 4.69) is 42.5 Å². The van der Waals surface area contributed by atoms with Crippen molar-refractivity contribution in [2.24, 2.45) is 0 Å². The summed E-state index contributed by atoms with van der Waals surface area (Å²) in [7, 11) is 0. The normalized spacial score (nSPS) is 10.1. The van der Waals surface area contributed by atoms with Crippen LogP contribution >= 0.6 is 31.9 Å². The summed E-state index contributed by atoms with van der Waals surface area (Å²) in [6.45, 7) is 3.07. The maximum absolute atomic E-state index is 11.4. The van der Waals surface area contributed by atoms with Crippen LogP contribution in [0.2, 0.25) is 0 Å². The second-order valence-corrected chi connectivity index (χ2v) is 4.72. The van der Waals surface area contributed by atoms with Gasteiger partial charge in [0.15, 0.2) is 0 Å². The molecule has 1 aromatic rings. The molecule has 1 rings (SSSR count). The van der Waals surface area contributed by atoms with Gasteiger partial charge in [-0.25, -0.2) is 0 Å². The molecule has 0 aliphatic rings. The Kier molecular flexibility index (Phi) is 5.28. The van der Waals surface area contributed by atoms with Crippen molar-refractivity contribution in [1.82, 2.24) is 5.32 Å². The van der Waals surface area contributed by atoms with Crippen LogP contribution in [-0.2, 0) is 4.79 Å². The Morgan fingerprint density at radius 3 is 2.80 bits per heavy atom.